The second-order valence-electron chi connectivity index (χ2n) is 5.01. The molecule has 1 atom stereocenters. The summed E-state index contributed by atoms with van der Waals surface area (Å²) in [5.74, 6) is -3.10. The van der Waals surface area contributed by atoms with E-state index in [-0.39, 0.29) is 17.0 Å². The molecule has 0 bridgehead atoms. The summed E-state index contributed by atoms with van der Waals surface area (Å²) in [7, 11) is 1.37. The van der Waals surface area contributed by atoms with Crippen molar-refractivity contribution in [2.45, 2.75) is 13.0 Å². The maximum Gasteiger partial charge on any atom is 0.342 e. The van der Waals surface area contributed by atoms with Crippen molar-refractivity contribution >= 4 is 29.2 Å². The topological polar surface area (TPSA) is 64.6 Å². The third-order valence-electron chi connectivity index (χ3n) is 3.22. The van der Waals surface area contributed by atoms with Gasteiger partial charge in [0.15, 0.2) is 6.10 Å². The molecule has 0 radical (unpaired) electrons. The molecule has 0 saturated heterocycles. The predicted octanol–water partition coefficient (Wildman–Crippen LogP) is 3.81. The van der Waals surface area contributed by atoms with Gasteiger partial charge >= 0.3 is 5.97 Å². The lowest BCUT2D eigenvalue weighted by Crippen LogP contribution is -2.30. The Kier molecular flexibility index (Phi) is 5.93. The van der Waals surface area contributed by atoms with Gasteiger partial charge in [-0.1, -0.05) is 11.6 Å². The van der Waals surface area contributed by atoms with Gasteiger partial charge < -0.3 is 14.8 Å². The van der Waals surface area contributed by atoms with E-state index in [1.54, 1.807) is 0 Å². The van der Waals surface area contributed by atoms with Crippen LogP contribution in [0.3, 0.4) is 0 Å². The molecule has 0 spiro atoms. The second kappa shape index (κ2) is 7.94. The molecular formula is C17H14ClF2NO4. The zero-order valence-electron chi connectivity index (χ0n) is 13.3. The van der Waals surface area contributed by atoms with Gasteiger partial charge in [0.2, 0.25) is 0 Å². The van der Waals surface area contributed by atoms with Crippen molar-refractivity contribution in [1.29, 1.82) is 0 Å². The Bertz CT molecular complexity index is 813. The summed E-state index contributed by atoms with van der Waals surface area (Å²) in [6.07, 6.45) is -1.24. The van der Waals surface area contributed by atoms with Gasteiger partial charge in [0.05, 0.1) is 12.8 Å². The molecule has 0 unspecified atom stereocenters. The lowest BCUT2D eigenvalue weighted by atomic mass is 10.2. The number of methoxy groups -OCH3 is 1. The van der Waals surface area contributed by atoms with Crippen LogP contribution < -0.4 is 10.1 Å². The molecule has 5 nitrogen and oxygen atoms in total. The average molecular weight is 370 g/mol. The number of nitrogens with one attached hydrogen (secondary N) is 1. The van der Waals surface area contributed by atoms with Gasteiger partial charge in [0, 0.05) is 11.1 Å². The molecule has 0 saturated carbocycles. The highest BCUT2D eigenvalue weighted by Crippen LogP contribution is 2.24. The van der Waals surface area contributed by atoms with E-state index in [1.807, 2.05) is 0 Å². The number of rotatable bonds is 5. The number of anilines is 1. The Labute approximate surface area is 147 Å². The molecule has 0 aromatic heterocycles. The molecule has 0 aliphatic heterocycles. The summed E-state index contributed by atoms with van der Waals surface area (Å²) >= 11 is 5.84. The Balaban J connectivity index is 2.08. The van der Waals surface area contributed by atoms with Crippen molar-refractivity contribution < 1.29 is 27.8 Å². The molecule has 8 heteroatoms. The number of benzene rings is 2. The largest absolute Gasteiger partial charge is 0.496 e. The standard InChI is InChI=1S/C17H14ClF2NO4/c1-9(16(22)21-14-5-4-11(19)8-13(14)20)25-17(23)12-7-10(18)3-6-15(12)24-2/h3-9H,1-2H3,(H,21,22)/t9-/m0/s1. The normalized spacial score (nSPS) is 11.6. The van der Waals surface area contributed by atoms with E-state index in [1.165, 1.54) is 32.2 Å². The van der Waals surface area contributed by atoms with Crippen molar-refractivity contribution in [3.63, 3.8) is 0 Å². The van der Waals surface area contributed by atoms with E-state index < -0.39 is 29.6 Å². The van der Waals surface area contributed by atoms with Crippen LogP contribution in [0, 0.1) is 11.6 Å². The molecule has 0 aliphatic carbocycles. The molecule has 0 fully saturated rings. The van der Waals surface area contributed by atoms with Gasteiger partial charge in [-0.2, -0.15) is 0 Å². The zero-order chi connectivity index (χ0) is 18.6. The average Bonchev–Trinajstić information content (AvgIpc) is 2.57. The fourth-order valence-electron chi connectivity index (χ4n) is 1.94. The van der Waals surface area contributed by atoms with Crippen LogP contribution in [0.25, 0.3) is 0 Å². The van der Waals surface area contributed by atoms with Crippen LogP contribution in [-0.4, -0.2) is 25.1 Å². The van der Waals surface area contributed by atoms with Crippen molar-refractivity contribution in [3.05, 3.63) is 58.6 Å². The van der Waals surface area contributed by atoms with Crippen molar-refractivity contribution in [3.8, 4) is 5.75 Å². The fourth-order valence-corrected chi connectivity index (χ4v) is 2.11. The van der Waals surface area contributed by atoms with Crippen LogP contribution in [0.1, 0.15) is 17.3 Å². The van der Waals surface area contributed by atoms with Gasteiger partial charge in [0.1, 0.15) is 22.9 Å². The third kappa shape index (κ3) is 4.67. The molecule has 132 valence electrons. The smallest absolute Gasteiger partial charge is 0.342 e. The van der Waals surface area contributed by atoms with Gasteiger partial charge in [-0.15, -0.1) is 0 Å². The minimum atomic E-state index is -1.24. The minimum absolute atomic E-state index is 0.0441. The molecule has 1 N–H and O–H groups in total. The maximum atomic E-state index is 13.6. The summed E-state index contributed by atoms with van der Waals surface area (Å²) in [6, 6.07) is 7.04. The van der Waals surface area contributed by atoms with Gasteiger partial charge in [-0.3, -0.25) is 4.79 Å². The van der Waals surface area contributed by atoms with Crippen molar-refractivity contribution in [2.75, 3.05) is 12.4 Å². The second-order valence-corrected chi connectivity index (χ2v) is 5.44. The number of carbonyl (C=O) groups excluding carboxylic acids is 2. The molecule has 0 aliphatic rings. The Morgan fingerprint density at radius 1 is 1.16 bits per heavy atom. The minimum Gasteiger partial charge on any atom is -0.496 e. The number of carbonyl (C=O) groups is 2. The van der Waals surface area contributed by atoms with Crippen LogP contribution >= 0.6 is 11.6 Å². The summed E-state index contributed by atoms with van der Waals surface area (Å²) in [5, 5.41) is 2.51. The highest BCUT2D eigenvalue weighted by Gasteiger charge is 2.22. The number of ether oxygens (including phenoxy) is 2. The van der Waals surface area contributed by atoms with Crippen LogP contribution in [-0.2, 0) is 9.53 Å². The summed E-state index contributed by atoms with van der Waals surface area (Å²) in [6.45, 7) is 1.31. The monoisotopic (exact) mass is 369 g/mol. The van der Waals surface area contributed by atoms with E-state index in [0.29, 0.717) is 11.1 Å². The number of hydrogen-bond acceptors (Lipinski definition) is 4. The highest BCUT2D eigenvalue weighted by atomic mass is 35.5. The van der Waals surface area contributed by atoms with Gasteiger partial charge in [-0.25, -0.2) is 13.6 Å². The molecule has 0 heterocycles. The first-order valence-corrected chi connectivity index (χ1v) is 7.50. The summed E-state index contributed by atoms with van der Waals surface area (Å²) in [5.41, 5.74) is -0.183. The first kappa shape index (κ1) is 18.7. The molecule has 25 heavy (non-hydrogen) atoms. The number of halogens is 3. The quantitative estimate of drug-likeness (QED) is 0.814. The number of hydrogen-bond donors (Lipinski definition) is 1. The Hall–Kier alpha value is -2.67. The molecule has 2 rings (SSSR count). The number of amides is 1. The molecule has 2 aromatic rings. The van der Waals surface area contributed by atoms with E-state index in [0.717, 1.165) is 12.1 Å². The lowest BCUT2D eigenvalue weighted by molar-refractivity contribution is -0.123. The van der Waals surface area contributed by atoms with Crippen LogP contribution in [0.5, 0.6) is 5.75 Å². The molecule has 2 aromatic carbocycles. The fraction of sp³-hybridized carbons (Fsp3) is 0.176. The van der Waals surface area contributed by atoms with Crippen molar-refractivity contribution in [1.82, 2.24) is 0 Å². The van der Waals surface area contributed by atoms with Gasteiger partial charge in [-0.05, 0) is 37.3 Å². The SMILES string of the molecule is COc1ccc(Cl)cc1C(=O)O[C@@H](C)C(=O)Nc1ccc(F)cc1F. The van der Waals surface area contributed by atoms with E-state index >= 15 is 0 Å². The Morgan fingerprint density at radius 3 is 2.52 bits per heavy atom. The van der Waals surface area contributed by atoms with Crippen LogP contribution in [0.4, 0.5) is 14.5 Å². The Morgan fingerprint density at radius 2 is 1.88 bits per heavy atom. The zero-order valence-corrected chi connectivity index (χ0v) is 14.1. The predicted molar refractivity (Wildman–Crippen MR) is 87.9 cm³/mol. The third-order valence-corrected chi connectivity index (χ3v) is 3.46. The van der Waals surface area contributed by atoms with Crippen molar-refractivity contribution in [2.24, 2.45) is 0 Å². The lowest BCUT2D eigenvalue weighted by Gasteiger charge is -2.15. The first-order valence-electron chi connectivity index (χ1n) is 7.12. The first-order chi connectivity index (χ1) is 11.8. The van der Waals surface area contributed by atoms with Crippen LogP contribution in [0.2, 0.25) is 5.02 Å². The van der Waals surface area contributed by atoms with E-state index in [4.69, 9.17) is 21.1 Å². The van der Waals surface area contributed by atoms with E-state index in [2.05, 4.69) is 5.32 Å². The molecule has 1 amide bonds. The molecular weight excluding hydrogens is 356 g/mol. The highest BCUT2D eigenvalue weighted by molar-refractivity contribution is 6.31. The summed E-state index contributed by atoms with van der Waals surface area (Å²) in [4.78, 5) is 24.2. The van der Waals surface area contributed by atoms with E-state index in [9.17, 15) is 18.4 Å². The summed E-state index contributed by atoms with van der Waals surface area (Å²) < 4.78 is 36.5. The van der Waals surface area contributed by atoms with Gasteiger partial charge in [0.25, 0.3) is 5.91 Å². The number of esters is 1. The van der Waals surface area contributed by atoms with Crippen LogP contribution in [0.15, 0.2) is 36.4 Å². The maximum absolute atomic E-state index is 13.6.